The Labute approximate surface area is 102 Å². The molecule has 16 heavy (non-hydrogen) atoms. The Hall–Kier alpha value is -1.02. The molecule has 0 aliphatic rings. The van der Waals surface area contributed by atoms with Crippen LogP contribution in [0.15, 0.2) is 41.8 Å². The maximum absolute atomic E-state index is 11.2. The number of hydrogen-bond donors (Lipinski definition) is 0. The molecule has 0 aliphatic heterocycles. The second-order valence-corrected chi connectivity index (χ2v) is 4.64. The van der Waals surface area contributed by atoms with E-state index in [0.29, 0.717) is 6.42 Å². The zero-order valence-electron chi connectivity index (χ0n) is 9.69. The number of carbonyl (C=O) groups is 1. The van der Waals surface area contributed by atoms with Gasteiger partial charge in [-0.1, -0.05) is 37.3 Å². The molecule has 0 bridgehead atoms. The zero-order chi connectivity index (χ0) is 11.6. The summed E-state index contributed by atoms with van der Waals surface area (Å²) in [5.74, 6) is 1.26. The van der Waals surface area contributed by atoms with Gasteiger partial charge in [-0.25, -0.2) is 0 Å². The third-order valence-electron chi connectivity index (χ3n) is 2.20. The van der Waals surface area contributed by atoms with Gasteiger partial charge in [-0.05, 0) is 29.9 Å². The van der Waals surface area contributed by atoms with Crippen LogP contribution in [0.25, 0.3) is 0 Å². The van der Waals surface area contributed by atoms with Crippen molar-refractivity contribution in [3.8, 4) is 0 Å². The molecule has 0 N–H and O–H groups in total. The SMILES string of the molecule is CCCC(=O)/C=C/SCCc1ccccc1. The van der Waals surface area contributed by atoms with Gasteiger partial charge in [0.25, 0.3) is 0 Å². The number of hydrogen-bond acceptors (Lipinski definition) is 2. The van der Waals surface area contributed by atoms with Gasteiger partial charge >= 0.3 is 0 Å². The summed E-state index contributed by atoms with van der Waals surface area (Å²) in [7, 11) is 0. The van der Waals surface area contributed by atoms with Crippen molar-refractivity contribution in [3.63, 3.8) is 0 Å². The molecule has 0 unspecified atom stereocenters. The molecule has 0 spiro atoms. The van der Waals surface area contributed by atoms with E-state index in [9.17, 15) is 4.79 Å². The van der Waals surface area contributed by atoms with Crippen molar-refractivity contribution in [2.24, 2.45) is 0 Å². The van der Waals surface area contributed by atoms with Gasteiger partial charge < -0.3 is 0 Å². The first-order valence-corrected chi connectivity index (χ1v) is 6.72. The molecule has 0 atom stereocenters. The van der Waals surface area contributed by atoms with Crippen LogP contribution in [-0.4, -0.2) is 11.5 Å². The van der Waals surface area contributed by atoms with Crippen LogP contribution in [0.2, 0.25) is 0 Å². The molecule has 1 rings (SSSR count). The molecule has 0 amide bonds. The molecular formula is C14H18OS. The fourth-order valence-corrected chi connectivity index (χ4v) is 2.08. The summed E-state index contributed by atoms with van der Waals surface area (Å²) in [6.07, 6.45) is 4.34. The van der Waals surface area contributed by atoms with Gasteiger partial charge in [0.15, 0.2) is 5.78 Å². The predicted molar refractivity (Wildman–Crippen MR) is 71.7 cm³/mol. The van der Waals surface area contributed by atoms with Gasteiger partial charge in [0, 0.05) is 12.2 Å². The van der Waals surface area contributed by atoms with Crippen LogP contribution < -0.4 is 0 Å². The number of rotatable bonds is 7. The molecule has 0 aliphatic carbocycles. The smallest absolute Gasteiger partial charge is 0.156 e. The Kier molecular flexibility index (Phi) is 6.66. The first-order chi connectivity index (χ1) is 7.83. The third kappa shape index (κ3) is 5.76. The Balaban J connectivity index is 2.15. The molecule has 0 radical (unpaired) electrons. The summed E-state index contributed by atoms with van der Waals surface area (Å²) in [4.78, 5) is 11.2. The lowest BCUT2D eigenvalue weighted by Gasteiger charge is -1.97. The Bertz CT molecular complexity index is 330. The van der Waals surface area contributed by atoms with Crippen molar-refractivity contribution in [3.05, 3.63) is 47.4 Å². The molecule has 0 saturated carbocycles. The fourth-order valence-electron chi connectivity index (χ4n) is 1.34. The van der Waals surface area contributed by atoms with Crippen molar-refractivity contribution < 1.29 is 4.79 Å². The average Bonchev–Trinajstić information content (AvgIpc) is 2.30. The highest BCUT2D eigenvalue weighted by Gasteiger charge is 1.93. The summed E-state index contributed by atoms with van der Waals surface area (Å²) in [5, 5.41) is 1.92. The second kappa shape index (κ2) is 8.17. The highest BCUT2D eigenvalue weighted by molar-refractivity contribution is 8.02. The minimum atomic E-state index is 0.231. The van der Waals surface area contributed by atoms with Gasteiger partial charge in [-0.15, -0.1) is 11.8 Å². The average molecular weight is 234 g/mol. The van der Waals surface area contributed by atoms with Gasteiger partial charge in [0.1, 0.15) is 0 Å². The van der Waals surface area contributed by atoms with E-state index in [2.05, 4.69) is 24.3 Å². The molecule has 0 fully saturated rings. The second-order valence-electron chi connectivity index (χ2n) is 3.63. The molecule has 1 nitrogen and oxygen atoms in total. The maximum atomic E-state index is 11.2. The maximum Gasteiger partial charge on any atom is 0.156 e. The van der Waals surface area contributed by atoms with E-state index < -0.39 is 0 Å². The summed E-state index contributed by atoms with van der Waals surface area (Å²) in [5.41, 5.74) is 1.35. The standard InChI is InChI=1S/C14H18OS/c1-2-6-14(15)10-12-16-11-9-13-7-4-3-5-8-13/h3-5,7-8,10,12H,2,6,9,11H2,1H3/b12-10+. The lowest BCUT2D eigenvalue weighted by atomic mass is 10.2. The molecule has 0 saturated heterocycles. The van der Waals surface area contributed by atoms with E-state index in [4.69, 9.17) is 0 Å². The third-order valence-corrected chi connectivity index (χ3v) is 2.97. The lowest BCUT2D eigenvalue weighted by Crippen LogP contribution is -1.90. The molecule has 0 aromatic heterocycles. The molecule has 2 heteroatoms. The lowest BCUT2D eigenvalue weighted by molar-refractivity contribution is -0.114. The molecule has 1 aromatic rings. The highest BCUT2D eigenvalue weighted by atomic mass is 32.2. The van der Waals surface area contributed by atoms with Crippen molar-refractivity contribution in [2.45, 2.75) is 26.2 Å². The first-order valence-electron chi connectivity index (χ1n) is 5.68. The Morgan fingerprint density at radius 3 is 2.75 bits per heavy atom. The van der Waals surface area contributed by atoms with Crippen LogP contribution in [0.4, 0.5) is 0 Å². The quantitative estimate of drug-likeness (QED) is 0.526. The van der Waals surface area contributed by atoms with Crippen molar-refractivity contribution in [1.82, 2.24) is 0 Å². The zero-order valence-corrected chi connectivity index (χ0v) is 10.5. The van der Waals surface area contributed by atoms with Crippen LogP contribution in [0.1, 0.15) is 25.3 Å². The largest absolute Gasteiger partial charge is 0.295 e. The van der Waals surface area contributed by atoms with E-state index in [0.717, 1.165) is 18.6 Å². The van der Waals surface area contributed by atoms with Crippen molar-refractivity contribution >= 4 is 17.5 Å². The Morgan fingerprint density at radius 1 is 1.31 bits per heavy atom. The van der Waals surface area contributed by atoms with Gasteiger partial charge in [0.05, 0.1) is 0 Å². The van der Waals surface area contributed by atoms with Crippen LogP contribution in [0.5, 0.6) is 0 Å². The minimum Gasteiger partial charge on any atom is -0.295 e. The summed E-state index contributed by atoms with van der Waals surface area (Å²) >= 11 is 1.70. The van der Waals surface area contributed by atoms with Gasteiger partial charge in [0.2, 0.25) is 0 Å². The van der Waals surface area contributed by atoms with Crippen molar-refractivity contribution in [1.29, 1.82) is 0 Å². The number of ketones is 1. The fraction of sp³-hybridized carbons (Fsp3) is 0.357. The van der Waals surface area contributed by atoms with E-state index in [1.54, 1.807) is 17.8 Å². The van der Waals surface area contributed by atoms with E-state index in [-0.39, 0.29) is 5.78 Å². The first kappa shape index (κ1) is 13.0. The normalized spacial score (nSPS) is 10.8. The number of aryl methyl sites for hydroxylation is 1. The van der Waals surface area contributed by atoms with Gasteiger partial charge in [-0.2, -0.15) is 0 Å². The van der Waals surface area contributed by atoms with Crippen LogP contribution in [0, 0.1) is 0 Å². The monoisotopic (exact) mass is 234 g/mol. The molecular weight excluding hydrogens is 216 g/mol. The molecule has 86 valence electrons. The van der Waals surface area contributed by atoms with E-state index in [1.807, 2.05) is 18.4 Å². The van der Waals surface area contributed by atoms with Gasteiger partial charge in [-0.3, -0.25) is 4.79 Å². The minimum absolute atomic E-state index is 0.231. The number of benzene rings is 1. The Morgan fingerprint density at radius 2 is 2.06 bits per heavy atom. The summed E-state index contributed by atoms with van der Waals surface area (Å²) in [6, 6.07) is 10.4. The molecule has 1 aromatic carbocycles. The number of allylic oxidation sites excluding steroid dienone is 1. The van der Waals surface area contributed by atoms with E-state index >= 15 is 0 Å². The number of thioether (sulfide) groups is 1. The summed E-state index contributed by atoms with van der Waals surface area (Å²) < 4.78 is 0. The van der Waals surface area contributed by atoms with Crippen LogP contribution in [-0.2, 0) is 11.2 Å². The van der Waals surface area contributed by atoms with Crippen LogP contribution >= 0.6 is 11.8 Å². The topological polar surface area (TPSA) is 17.1 Å². The summed E-state index contributed by atoms with van der Waals surface area (Å²) in [6.45, 7) is 2.02. The number of carbonyl (C=O) groups excluding carboxylic acids is 1. The van der Waals surface area contributed by atoms with Crippen molar-refractivity contribution in [2.75, 3.05) is 5.75 Å². The van der Waals surface area contributed by atoms with Crippen LogP contribution in [0.3, 0.4) is 0 Å². The highest BCUT2D eigenvalue weighted by Crippen LogP contribution is 2.08. The predicted octanol–water partition coefficient (Wildman–Crippen LogP) is 3.85. The van der Waals surface area contributed by atoms with E-state index in [1.165, 1.54) is 5.56 Å². The molecule has 0 heterocycles.